The van der Waals surface area contributed by atoms with Gasteiger partial charge in [0, 0.05) is 17.3 Å². The average molecular weight is 322 g/mol. The van der Waals surface area contributed by atoms with Gasteiger partial charge >= 0.3 is 6.18 Å². The van der Waals surface area contributed by atoms with E-state index >= 15 is 0 Å². The molecule has 112 valence electrons. The van der Waals surface area contributed by atoms with E-state index < -0.39 is 23.4 Å². The van der Waals surface area contributed by atoms with Crippen molar-refractivity contribution in [2.45, 2.75) is 12.7 Å². The highest BCUT2D eigenvalue weighted by molar-refractivity contribution is 6.30. The van der Waals surface area contributed by atoms with Crippen LogP contribution in [0.3, 0.4) is 0 Å². The highest BCUT2D eigenvalue weighted by atomic mass is 35.5. The lowest BCUT2D eigenvalue weighted by Crippen LogP contribution is -2.11. The highest BCUT2D eigenvalue weighted by Crippen LogP contribution is 2.36. The summed E-state index contributed by atoms with van der Waals surface area (Å²) in [5.41, 5.74) is -0.786. The van der Waals surface area contributed by atoms with Gasteiger partial charge in [-0.05, 0) is 35.9 Å². The van der Waals surface area contributed by atoms with Crippen LogP contribution in [0.4, 0.5) is 27.6 Å². The van der Waals surface area contributed by atoms with Crippen LogP contribution < -0.4 is 5.32 Å². The number of alkyl halides is 3. The molecule has 0 aliphatic heterocycles. The van der Waals surface area contributed by atoms with Gasteiger partial charge in [0.15, 0.2) is 11.6 Å². The summed E-state index contributed by atoms with van der Waals surface area (Å²) in [7, 11) is 0. The Bertz CT molecular complexity index is 654. The minimum absolute atomic E-state index is 0.0410. The topological polar surface area (TPSA) is 12.0 Å². The molecule has 0 aromatic heterocycles. The summed E-state index contributed by atoms with van der Waals surface area (Å²) in [4.78, 5) is 0. The maximum atomic E-state index is 13.0. The van der Waals surface area contributed by atoms with Crippen LogP contribution in [0, 0.1) is 11.6 Å². The van der Waals surface area contributed by atoms with Crippen molar-refractivity contribution in [1.82, 2.24) is 0 Å². The molecule has 7 heteroatoms. The molecular formula is C14H9ClF5N. The molecule has 0 fully saturated rings. The summed E-state index contributed by atoms with van der Waals surface area (Å²) in [6.45, 7) is -0.0814. The molecule has 2 aromatic rings. The molecule has 0 bridgehead atoms. The van der Waals surface area contributed by atoms with Gasteiger partial charge in [0.1, 0.15) is 0 Å². The van der Waals surface area contributed by atoms with E-state index in [0.717, 1.165) is 18.2 Å². The number of halogens is 6. The van der Waals surface area contributed by atoms with Crippen LogP contribution >= 0.6 is 11.6 Å². The molecule has 0 aliphatic carbocycles. The van der Waals surface area contributed by atoms with E-state index in [4.69, 9.17) is 11.6 Å². The monoisotopic (exact) mass is 321 g/mol. The van der Waals surface area contributed by atoms with Crippen molar-refractivity contribution < 1.29 is 22.0 Å². The first-order chi connectivity index (χ1) is 9.77. The molecular weight excluding hydrogens is 313 g/mol. The summed E-state index contributed by atoms with van der Waals surface area (Å²) in [6, 6.07) is 6.42. The number of benzene rings is 2. The molecule has 0 amide bonds. The Hall–Kier alpha value is -1.82. The molecule has 0 saturated heterocycles. The van der Waals surface area contributed by atoms with Gasteiger partial charge < -0.3 is 5.32 Å². The second-order valence-electron chi connectivity index (χ2n) is 4.29. The largest absolute Gasteiger partial charge is 0.418 e. The first-order valence-electron chi connectivity index (χ1n) is 5.82. The minimum atomic E-state index is -4.57. The lowest BCUT2D eigenvalue weighted by molar-refractivity contribution is -0.136. The molecule has 0 heterocycles. The Labute approximate surface area is 122 Å². The SMILES string of the molecule is Fc1ccc(CNc2ccc(Cl)cc2C(F)(F)F)cc1F. The predicted molar refractivity (Wildman–Crippen MR) is 70.1 cm³/mol. The van der Waals surface area contributed by atoms with Crippen LogP contribution in [-0.4, -0.2) is 0 Å². The first kappa shape index (κ1) is 15.6. The zero-order chi connectivity index (χ0) is 15.6. The molecule has 0 radical (unpaired) electrons. The van der Waals surface area contributed by atoms with Gasteiger partial charge in [0.25, 0.3) is 0 Å². The smallest absolute Gasteiger partial charge is 0.380 e. The fraction of sp³-hybridized carbons (Fsp3) is 0.143. The van der Waals surface area contributed by atoms with E-state index in [1.807, 2.05) is 0 Å². The minimum Gasteiger partial charge on any atom is -0.380 e. The molecule has 0 spiro atoms. The third kappa shape index (κ3) is 3.85. The number of rotatable bonds is 3. The van der Waals surface area contributed by atoms with E-state index in [-0.39, 0.29) is 17.3 Å². The van der Waals surface area contributed by atoms with Gasteiger partial charge in [0.05, 0.1) is 5.56 Å². The molecule has 0 saturated carbocycles. The van der Waals surface area contributed by atoms with Crippen LogP contribution in [0.2, 0.25) is 5.02 Å². The summed E-state index contributed by atoms with van der Waals surface area (Å²) in [6.07, 6.45) is -4.57. The molecule has 2 aromatic carbocycles. The van der Waals surface area contributed by atoms with Gasteiger partial charge in [-0.15, -0.1) is 0 Å². The molecule has 1 nitrogen and oxygen atoms in total. The number of hydrogen-bond donors (Lipinski definition) is 1. The second kappa shape index (κ2) is 5.89. The predicted octanol–water partition coefficient (Wildman–Crippen LogP) is 5.25. The Morgan fingerprint density at radius 1 is 0.952 bits per heavy atom. The molecule has 21 heavy (non-hydrogen) atoms. The normalized spacial score (nSPS) is 11.5. The van der Waals surface area contributed by atoms with Gasteiger partial charge in [-0.25, -0.2) is 8.78 Å². The Kier molecular flexibility index (Phi) is 4.37. The first-order valence-corrected chi connectivity index (χ1v) is 6.20. The van der Waals surface area contributed by atoms with Crippen molar-refractivity contribution in [3.8, 4) is 0 Å². The zero-order valence-corrected chi connectivity index (χ0v) is 11.2. The average Bonchev–Trinajstić information content (AvgIpc) is 2.40. The van der Waals surface area contributed by atoms with Crippen molar-refractivity contribution >= 4 is 17.3 Å². The van der Waals surface area contributed by atoms with Crippen molar-refractivity contribution in [2.24, 2.45) is 0 Å². The number of anilines is 1. The van der Waals surface area contributed by atoms with Gasteiger partial charge in [-0.1, -0.05) is 17.7 Å². The van der Waals surface area contributed by atoms with E-state index in [1.165, 1.54) is 18.2 Å². The van der Waals surface area contributed by atoms with Gasteiger partial charge in [-0.2, -0.15) is 13.2 Å². The Balaban J connectivity index is 2.22. The van der Waals surface area contributed by atoms with Crippen LogP contribution in [0.5, 0.6) is 0 Å². The second-order valence-corrected chi connectivity index (χ2v) is 4.73. The van der Waals surface area contributed by atoms with Crippen molar-refractivity contribution in [3.05, 3.63) is 64.2 Å². The van der Waals surface area contributed by atoms with E-state index in [9.17, 15) is 22.0 Å². The van der Waals surface area contributed by atoms with Crippen LogP contribution in [0.25, 0.3) is 0 Å². The van der Waals surface area contributed by atoms with Crippen molar-refractivity contribution in [1.29, 1.82) is 0 Å². The van der Waals surface area contributed by atoms with Crippen LogP contribution in [0.15, 0.2) is 36.4 Å². The Morgan fingerprint density at radius 3 is 2.29 bits per heavy atom. The third-order valence-electron chi connectivity index (χ3n) is 2.75. The van der Waals surface area contributed by atoms with E-state index in [0.29, 0.717) is 5.56 Å². The van der Waals surface area contributed by atoms with Crippen LogP contribution in [0.1, 0.15) is 11.1 Å². The van der Waals surface area contributed by atoms with E-state index in [1.54, 1.807) is 0 Å². The van der Waals surface area contributed by atoms with Crippen molar-refractivity contribution in [2.75, 3.05) is 5.32 Å². The fourth-order valence-electron chi connectivity index (χ4n) is 1.75. The lowest BCUT2D eigenvalue weighted by Gasteiger charge is -2.15. The Morgan fingerprint density at radius 2 is 1.67 bits per heavy atom. The number of nitrogens with one attached hydrogen (secondary N) is 1. The third-order valence-corrected chi connectivity index (χ3v) is 2.99. The highest BCUT2D eigenvalue weighted by Gasteiger charge is 2.33. The van der Waals surface area contributed by atoms with E-state index in [2.05, 4.69) is 5.32 Å². The summed E-state index contributed by atoms with van der Waals surface area (Å²) in [5.74, 6) is -2.07. The van der Waals surface area contributed by atoms with Crippen LogP contribution in [-0.2, 0) is 12.7 Å². The molecule has 0 atom stereocenters. The quantitative estimate of drug-likeness (QED) is 0.761. The fourth-order valence-corrected chi connectivity index (χ4v) is 1.92. The molecule has 0 aliphatic rings. The number of hydrogen-bond acceptors (Lipinski definition) is 1. The summed E-state index contributed by atoms with van der Waals surface area (Å²) >= 11 is 5.56. The van der Waals surface area contributed by atoms with Gasteiger partial charge in [0.2, 0.25) is 0 Å². The van der Waals surface area contributed by atoms with Gasteiger partial charge in [-0.3, -0.25) is 0 Å². The molecule has 1 N–H and O–H groups in total. The summed E-state index contributed by atoms with van der Waals surface area (Å²) in [5, 5.41) is 2.50. The maximum Gasteiger partial charge on any atom is 0.418 e. The van der Waals surface area contributed by atoms with Crippen molar-refractivity contribution in [3.63, 3.8) is 0 Å². The maximum absolute atomic E-state index is 13.0. The lowest BCUT2D eigenvalue weighted by atomic mass is 10.1. The summed E-state index contributed by atoms with van der Waals surface area (Å²) < 4.78 is 64.4. The standard InChI is InChI=1S/C14H9ClF5N/c15-9-2-4-13(10(6-9)14(18,19)20)21-7-8-1-3-11(16)12(17)5-8/h1-6,21H,7H2. The molecule has 0 unspecified atom stereocenters. The zero-order valence-electron chi connectivity index (χ0n) is 10.4. The molecule has 2 rings (SSSR count).